The van der Waals surface area contributed by atoms with E-state index in [0.29, 0.717) is 6.42 Å². The van der Waals surface area contributed by atoms with Gasteiger partial charge in [0.25, 0.3) is 0 Å². The van der Waals surface area contributed by atoms with Gasteiger partial charge < -0.3 is 40.3 Å². The van der Waals surface area contributed by atoms with E-state index < -0.39 is 49.5 Å². The first-order valence-corrected chi connectivity index (χ1v) is 27.2. The van der Waals surface area contributed by atoms with Crippen LogP contribution in [0.5, 0.6) is 0 Å². The predicted octanol–water partition coefficient (Wildman–Crippen LogP) is 12.9. The molecule has 0 aromatic carbocycles. The van der Waals surface area contributed by atoms with E-state index >= 15 is 0 Å². The average Bonchev–Trinajstić information content (AvgIpc) is 3.32. The van der Waals surface area contributed by atoms with Crippen molar-refractivity contribution in [3.05, 3.63) is 72.9 Å². The molecule has 0 aromatic rings. The van der Waals surface area contributed by atoms with E-state index in [0.717, 1.165) is 77.0 Å². The smallest absolute Gasteiger partial charge is 0.220 e. The largest absolute Gasteiger partial charge is 0.394 e. The van der Waals surface area contributed by atoms with E-state index in [1.807, 2.05) is 6.08 Å². The number of amides is 1. The van der Waals surface area contributed by atoms with Crippen LogP contribution in [0.25, 0.3) is 0 Å². The van der Waals surface area contributed by atoms with Gasteiger partial charge in [0.1, 0.15) is 24.4 Å². The molecule has 1 amide bonds. The number of rotatable bonds is 45. The average molecular weight is 928 g/mol. The van der Waals surface area contributed by atoms with Crippen molar-refractivity contribution in [1.29, 1.82) is 0 Å². The fourth-order valence-electron chi connectivity index (χ4n) is 8.22. The normalized spacial score (nSPS) is 20.4. The zero-order valence-electron chi connectivity index (χ0n) is 42.2. The number of allylic oxidation sites excluding steroid dienone is 11. The zero-order chi connectivity index (χ0) is 48.0. The first-order valence-electron chi connectivity index (χ1n) is 27.2. The molecule has 9 heteroatoms. The minimum Gasteiger partial charge on any atom is -0.394 e. The summed E-state index contributed by atoms with van der Waals surface area (Å²) < 4.78 is 11.2. The molecule has 1 aliphatic heterocycles. The summed E-state index contributed by atoms with van der Waals surface area (Å²) in [5.41, 5.74) is 0. The van der Waals surface area contributed by atoms with Gasteiger partial charge in [-0.3, -0.25) is 4.79 Å². The third-order valence-corrected chi connectivity index (χ3v) is 12.5. The molecule has 66 heavy (non-hydrogen) atoms. The molecule has 7 unspecified atom stereocenters. The maximum absolute atomic E-state index is 13.0. The molecule has 0 aliphatic carbocycles. The van der Waals surface area contributed by atoms with Gasteiger partial charge in [-0.15, -0.1) is 0 Å². The van der Waals surface area contributed by atoms with E-state index in [9.17, 15) is 30.3 Å². The van der Waals surface area contributed by atoms with E-state index in [1.165, 1.54) is 128 Å². The van der Waals surface area contributed by atoms with Gasteiger partial charge in [-0.05, 0) is 70.6 Å². The number of unbranched alkanes of at least 4 members (excludes halogenated alkanes) is 25. The van der Waals surface area contributed by atoms with Crippen molar-refractivity contribution in [3.63, 3.8) is 0 Å². The Morgan fingerprint density at radius 1 is 0.530 bits per heavy atom. The molecule has 6 N–H and O–H groups in total. The SMILES string of the molecule is CC/C=C\C/C=C\C/C=C\C/C=C\CCCCCCCCCCCCC(=O)NC(COC1OC(CO)C(O)C(O)C1O)C(O)/C=C/CC/C=C/CCCCCCCCCCCCCCCC. The van der Waals surface area contributed by atoms with Gasteiger partial charge in [0.2, 0.25) is 5.91 Å². The van der Waals surface area contributed by atoms with Crippen molar-refractivity contribution >= 4 is 5.91 Å². The molecule has 9 nitrogen and oxygen atoms in total. The van der Waals surface area contributed by atoms with E-state index in [4.69, 9.17) is 9.47 Å². The third-order valence-electron chi connectivity index (χ3n) is 12.5. The summed E-state index contributed by atoms with van der Waals surface area (Å²) in [5.74, 6) is -0.193. The fraction of sp³-hybridized carbons (Fsp3) is 0.772. The highest BCUT2D eigenvalue weighted by Crippen LogP contribution is 2.23. The number of nitrogens with one attached hydrogen (secondary N) is 1. The minimum atomic E-state index is -1.58. The standard InChI is InChI=1S/C57H101NO8/c1-3-5-7-9-11-13-15-17-19-21-23-25-26-27-29-31-33-35-37-39-41-43-45-47-53(61)58-50(49-65-57-56(64)55(63)54(62)52(48-59)66-57)51(60)46-44-42-40-38-36-34-32-30-28-24-22-20-18-16-14-12-10-8-6-4-2/h5,7,11,13,17,19,23,25,36,38,44,46,50-52,54-57,59-60,62-64H,3-4,6,8-10,12,14-16,18,20-22,24,26-35,37,39-43,45,47-49H2,1-2H3,(H,58,61)/b7-5-,13-11-,19-17-,25-23-,38-36+,46-44+. The van der Waals surface area contributed by atoms with Crippen molar-refractivity contribution in [3.8, 4) is 0 Å². The first-order chi connectivity index (χ1) is 32.3. The Hall–Kier alpha value is -2.37. The van der Waals surface area contributed by atoms with Gasteiger partial charge in [0.15, 0.2) is 6.29 Å². The molecular weight excluding hydrogens is 827 g/mol. The summed E-state index contributed by atoms with van der Waals surface area (Å²) in [4.78, 5) is 13.0. The summed E-state index contributed by atoms with van der Waals surface area (Å²) in [6.07, 6.45) is 56.7. The van der Waals surface area contributed by atoms with E-state index in [1.54, 1.807) is 6.08 Å². The monoisotopic (exact) mass is 928 g/mol. The summed E-state index contributed by atoms with van der Waals surface area (Å²) in [6, 6.07) is -0.828. The number of carbonyl (C=O) groups is 1. The second kappa shape index (κ2) is 46.4. The summed E-state index contributed by atoms with van der Waals surface area (Å²) in [6.45, 7) is 3.65. The number of aliphatic hydroxyl groups excluding tert-OH is 5. The molecular formula is C57H101NO8. The lowest BCUT2D eigenvalue weighted by Gasteiger charge is -2.40. The van der Waals surface area contributed by atoms with Gasteiger partial charge in [0, 0.05) is 6.42 Å². The van der Waals surface area contributed by atoms with Crippen molar-refractivity contribution in [2.75, 3.05) is 13.2 Å². The molecule has 0 spiro atoms. The Morgan fingerprint density at radius 2 is 0.955 bits per heavy atom. The van der Waals surface area contributed by atoms with Gasteiger partial charge >= 0.3 is 0 Å². The fourth-order valence-corrected chi connectivity index (χ4v) is 8.22. The molecule has 1 aliphatic rings. The number of carbonyl (C=O) groups excluding carboxylic acids is 1. The lowest BCUT2D eigenvalue weighted by molar-refractivity contribution is -0.302. The quantitative estimate of drug-likeness (QED) is 0.0261. The molecule has 1 fully saturated rings. The highest BCUT2D eigenvalue weighted by molar-refractivity contribution is 5.76. The van der Waals surface area contributed by atoms with Crippen LogP contribution in [0.15, 0.2) is 72.9 Å². The predicted molar refractivity (Wildman–Crippen MR) is 276 cm³/mol. The van der Waals surface area contributed by atoms with Gasteiger partial charge in [-0.1, -0.05) is 222 Å². The first kappa shape index (κ1) is 61.6. The van der Waals surface area contributed by atoms with Crippen LogP contribution in [-0.4, -0.2) is 87.5 Å². The Morgan fingerprint density at radius 3 is 1.45 bits per heavy atom. The number of hydrogen-bond acceptors (Lipinski definition) is 8. The number of hydrogen-bond donors (Lipinski definition) is 6. The summed E-state index contributed by atoms with van der Waals surface area (Å²) >= 11 is 0. The Balaban J connectivity index is 2.29. The van der Waals surface area contributed by atoms with Crippen LogP contribution in [0.2, 0.25) is 0 Å². The highest BCUT2D eigenvalue weighted by Gasteiger charge is 2.44. The van der Waals surface area contributed by atoms with E-state index in [2.05, 4.69) is 79.9 Å². The van der Waals surface area contributed by atoms with Crippen LogP contribution in [0, 0.1) is 0 Å². The lowest BCUT2D eigenvalue weighted by Crippen LogP contribution is -2.60. The van der Waals surface area contributed by atoms with Crippen LogP contribution in [0.4, 0.5) is 0 Å². The van der Waals surface area contributed by atoms with Crippen LogP contribution >= 0.6 is 0 Å². The van der Waals surface area contributed by atoms with Gasteiger partial charge in [-0.25, -0.2) is 0 Å². The van der Waals surface area contributed by atoms with Crippen LogP contribution in [0.1, 0.15) is 226 Å². The lowest BCUT2D eigenvalue weighted by atomic mass is 9.99. The van der Waals surface area contributed by atoms with Gasteiger partial charge in [-0.2, -0.15) is 0 Å². The maximum atomic E-state index is 13.0. The van der Waals surface area contributed by atoms with Crippen LogP contribution in [-0.2, 0) is 14.3 Å². The summed E-state index contributed by atoms with van der Waals surface area (Å²) in [5, 5.41) is 54.4. The Bertz CT molecular complexity index is 1260. The second-order valence-corrected chi connectivity index (χ2v) is 18.6. The molecule has 1 rings (SSSR count). The van der Waals surface area contributed by atoms with Crippen molar-refractivity contribution < 1.29 is 39.8 Å². The summed E-state index contributed by atoms with van der Waals surface area (Å²) in [7, 11) is 0. The van der Waals surface area contributed by atoms with E-state index in [-0.39, 0.29) is 12.5 Å². The van der Waals surface area contributed by atoms with Crippen LogP contribution < -0.4 is 5.32 Å². The zero-order valence-corrected chi connectivity index (χ0v) is 42.2. The van der Waals surface area contributed by atoms with Crippen molar-refractivity contribution in [2.45, 2.75) is 269 Å². The van der Waals surface area contributed by atoms with Crippen molar-refractivity contribution in [2.24, 2.45) is 0 Å². The molecule has 1 heterocycles. The second-order valence-electron chi connectivity index (χ2n) is 18.6. The molecule has 382 valence electrons. The minimum absolute atomic E-state index is 0.193. The molecule has 0 aromatic heterocycles. The molecule has 0 saturated carbocycles. The number of aliphatic hydroxyl groups is 5. The highest BCUT2D eigenvalue weighted by atomic mass is 16.7. The molecule has 0 bridgehead atoms. The van der Waals surface area contributed by atoms with Gasteiger partial charge in [0.05, 0.1) is 25.4 Å². The third kappa shape index (κ3) is 35.7. The topological polar surface area (TPSA) is 149 Å². The Labute approximate surface area is 404 Å². The Kier molecular flexibility index (Phi) is 43.3. The molecule has 7 atom stereocenters. The maximum Gasteiger partial charge on any atom is 0.220 e. The molecule has 0 radical (unpaired) electrons. The van der Waals surface area contributed by atoms with Crippen LogP contribution in [0.3, 0.4) is 0 Å². The molecule has 1 saturated heterocycles. The number of ether oxygens (including phenoxy) is 2. The van der Waals surface area contributed by atoms with Crippen molar-refractivity contribution in [1.82, 2.24) is 5.32 Å².